The number of amides is 1. The maximum Gasteiger partial charge on any atom is 0.227 e. The Hall–Kier alpha value is -0.900. The molecule has 0 aromatic heterocycles. The molecule has 1 aliphatic rings. The Morgan fingerprint density at radius 2 is 2.18 bits per heavy atom. The minimum atomic E-state index is -0.357. The molecule has 0 bridgehead atoms. The molecule has 0 radical (unpaired) electrons. The van der Waals surface area contributed by atoms with Crippen LogP contribution in [-0.4, -0.2) is 5.91 Å². The van der Waals surface area contributed by atoms with Crippen molar-refractivity contribution < 1.29 is 9.18 Å². The molecule has 1 aromatic rings. The van der Waals surface area contributed by atoms with E-state index < -0.39 is 0 Å². The zero-order valence-electron chi connectivity index (χ0n) is 9.89. The Bertz CT molecular complexity index is 457. The Kier molecular flexibility index (Phi) is 3.52. The Morgan fingerprint density at radius 1 is 1.53 bits per heavy atom. The van der Waals surface area contributed by atoms with Gasteiger partial charge >= 0.3 is 0 Å². The molecule has 1 N–H and O–H groups in total. The first-order valence-electron chi connectivity index (χ1n) is 5.75. The summed E-state index contributed by atoms with van der Waals surface area (Å²) in [5.41, 5.74) is 1.41. The van der Waals surface area contributed by atoms with Crippen molar-refractivity contribution in [1.29, 1.82) is 0 Å². The SMILES string of the molecule is Cc1cc(Br)c(F)cc1NC(=O)C(C)C1CC1. The van der Waals surface area contributed by atoms with Crippen LogP contribution in [0, 0.1) is 24.6 Å². The van der Waals surface area contributed by atoms with Crippen molar-refractivity contribution >= 4 is 27.5 Å². The molecule has 4 heteroatoms. The van der Waals surface area contributed by atoms with Crippen LogP contribution < -0.4 is 5.32 Å². The maximum absolute atomic E-state index is 13.4. The van der Waals surface area contributed by atoms with Gasteiger partial charge in [0.1, 0.15) is 5.82 Å². The van der Waals surface area contributed by atoms with Gasteiger partial charge < -0.3 is 5.32 Å². The van der Waals surface area contributed by atoms with Gasteiger partial charge in [0.05, 0.1) is 4.47 Å². The average molecular weight is 300 g/mol. The van der Waals surface area contributed by atoms with Crippen LogP contribution in [-0.2, 0) is 4.79 Å². The highest BCUT2D eigenvalue weighted by atomic mass is 79.9. The minimum Gasteiger partial charge on any atom is -0.326 e. The Balaban J connectivity index is 2.12. The van der Waals surface area contributed by atoms with Crippen LogP contribution in [0.25, 0.3) is 0 Å². The molecule has 0 spiro atoms. The summed E-state index contributed by atoms with van der Waals surface area (Å²) in [7, 11) is 0. The van der Waals surface area contributed by atoms with Crippen LogP contribution in [0.2, 0.25) is 0 Å². The number of carbonyl (C=O) groups excluding carboxylic acids is 1. The molecular weight excluding hydrogens is 285 g/mol. The fourth-order valence-electron chi connectivity index (χ4n) is 1.84. The first kappa shape index (κ1) is 12.6. The molecule has 1 atom stereocenters. The summed E-state index contributed by atoms with van der Waals surface area (Å²) in [5, 5.41) is 2.80. The molecule has 2 nitrogen and oxygen atoms in total. The fraction of sp³-hybridized carbons (Fsp3) is 0.462. The monoisotopic (exact) mass is 299 g/mol. The van der Waals surface area contributed by atoms with Crippen LogP contribution in [0.1, 0.15) is 25.3 Å². The molecule has 0 heterocycles. The highest BCUT2D eigenvalue weighted by Gasteiger charge is 2.32. The van der Waals surface area contributed by atoms with Gasteiger partial charge in [-0.2, -0.15) is 0 Å². The summed E-state index contributed by atoms with van der Waals surface area (Å²) in [6.45, 7) is 3.78. The summed E-state index contributed by atoms with van der Waals surface area (Å²) in [6, 6.07) is 3.03. The number of nitrogens with one attached hydrogen (secondary N) is 1. The average Bonchev–Trinajstić information content (AvgIpc) is 3.08. The quantitative estimate of drug-likeness (QED) is 0.901. The first-order chi connectivity index (χ1) is 7.99. The first-order valence-corrected chi connectivity index (χ1v) is 6.55. The second kappa shape index (κ2) is 4.77. The van der Waals surface area contributed by atoms with E-state index in [1.165, 1.54) is 6.07 Å². The normalized spacial score (nSPS) is 16.7. The number of anilines is 1. The summed E-state index contributed by atoms with van der Waals surface area (Å²) in [5.74, 6) is 0.152. The number of rotatable bonds is 3. The van der Waals surface area contributed by atoms with Crippen molar-refractivity contribution in [2.24, 2.45) is 11.8 Å². The summed E-state index contributed by atoms with van der Waals surface area (Å²) >= 11 is 3.12. The van der Waals surface area contributed by atoms with E-state index >= 15 is 0 Å². The van der Waals surface area contributed by atoms with Crippen molar-refractivity contribution in [3.8, 4) is 0 Å². The van der Waals surface area contributed by atoms with E-state index in [0.29, 0.717) is 16.1 Å². The molecule has 17 heavy (non-hydrogen) atoms. The maximum atomic E-state index is 13.4. The smallest absolute Gasteiger partial charge is 0.227 e. The van der Waals surface area contributed by atoms with Crippen LogP contribution in [0.3, 0.4) is 0 Å². The van der Waals surface area contributed by atoms with Crippen molar-refractivity contribution in [3.05, 3.63) is 28.0 Å². The van der Waals surface area contributed by atoms with Crippen LogP contribution in [0.5, 0.6) is 0 Å². The number of hydrogen-bond donors (Lipinski definition) is 1. The molecule has 1 saturated carbocycles. The largest absolute Gasteiger partial charge is 0.326 e. The minimum absolute atomic E-state index is 0.0149. The number of halogens is 2. The van der Waals surface area contributed by atoms with Crippen molar-refractivity contribution in [3.63, 3.8) is 0 Å². The molecule has 0 aliphatic heterocycles. The number of carbonyl (C=O) groups is 1. The molecule has 92 valence electrons. The van der Waals surface area contributed by atoms with E-state index in [4.69, 9.17) is 0 Å². The Labute approximate surface area is 109 Å². The van der Waals surface area contributed by atoms with Gasteiger partial charge in [0.15, 0.2) is 0 Å². The Morgan fingerprint density at radius 3 is 2.76 bits per heavy atom. The summed E-state index contributed by atoms with van der Waals surface area (Å²) < 4.78 is 13.8. The van der Waals surface area contributed by atoms with E-state index in [-0.39, 0.29) is 17.6 Å². The second-order valence-corrected chi connectivity index (χ2v) is 5.55. The third kappa shape index (κ3) is 2.86. The zero-order chi connectivity index (χ0) is 12.6. The van der Waals surface area contributed by atoms with Gasteiger partial charge in [-0.25, -0.2) is 4.39 Å². The van der Waals surface area contributed by atoms with Crippen molar-refractivity contribution in [1.82, 2.24) is 0 Å². The van der Waals surface area contributed by atoms with Gasteiger partial charge in [0, 0.05) is 11.6 Å². The molecular formula is C13H15BrFNO. The highest BCUT2D eigenvalue weighted by Crippen LogP contribution is 2.37. The predicted molar refractivity (Wildman–Crippen MR) is 69.4 cm³/mol. The van der Waals surface area contributed by atoms with Gasteiger partial charge in [-0.15, -0.1) is 0 Å². The van der Waals surface area contributed by atoms with Crippen LogP contribution >= 0.6 is 15.9 Å². The lowest BCUT2D eigenvalue weighted by atomic mass is 10.1. The highest BCUT2D eigenvalue weighted by molar-refractivity contribution is 9.10. The molecule has 1 aliphatic carbocycles. The zero-order valence-corrected chi connectivity index (χ0v) is 11.5. The molecule has 1 aromatic carbocycles. The van der Waals surface area contributed by atoms with Gasteiger partial charge in [-0.1, -0.05) is 6.92 Å². The molecule has 0 saturated heterocycles. The van der Waals surface area contributed by atoms with Crippen molar-refractivity contribution in [2.75, 3.05) is 5.32 Å². The lowest BCUT2D eigenvalue weighted by Gasteiger charge is -2.13. The summed E-state index contributed by atoms with van der Waals surface area (Å²) in [4.78, 5) is 11.9. The topological polar surface area (TPSA) is 29.1 Å². The molecule has 1 fully saturated rings. The number of aryl methyl sites for hydroxylation is 1. The third-order valence-electron chi connectivity index (χ3n) is 3.27. The van der Waals surface area contributed by atoms with E-state index in [0.717, 1.165) is 18.4 Å². The van der Waals surface area contributed by atoms with Gasteiger partial charge in [0.2, 0.25) is 5.91 Å². The van der Waals surface area contributed by atoms with Crippen LogP contribution in [0.15, 0.2) is 16.6 Å². The van der Waals surface area contributed by atoms with Crippen molar-refractivity contribution in [2.45, 2.75) is 26.7 Å². The lowest BCUT2D eigenvalue weighted by Crippen LogP contribution is -2.22. The summed E-state index contributed by atoms with van der Waals surface area (Å²) in [6.07, 6.45) is 2.25. The lowest BCUT2D eigenvalue weighted by molar-refractivity contribution is -0.119. The predicted octanol–water partition coefficient (Wildman–Crippen LogP) is 3.88. The molecule has 1 amide bonds. The van der Waals surface area contributed by atoms with E-state index in [2.05, 4.69) is 21.2 Å². The molecule has 1 unspecified atom stereocenters. The fourth-order valence-corrected chi connectivity index (χ4v) is 2.30. The standard InChI is InChI=1S/C13H15BrFNO/c1-7-5-10(14)11(15)6-12(7)16-13(17)8(2)9-3-4-9/h5-6,8-9H,3-4H2,1-2H3,(H,16,17). The van der Waals surface area contributed by atoms with Gasteiger partial charge in [-0.3, -0.25) is 4.79 Å². The number of hydrogen-bond acceptors (Lipinski definition) is 1. The second-order valence-electron chi connectivity index (χ2n) is 4.70. The van der Waals surface area contributed by atoms with E-state index in [1.54, 1.807) is 6.07 Å². The molecule has 2 rings (SSSR count). The van der Waals surface area contributed by atoms with E-state index in [1.807, 2.05) is 13.8 Å². The van der Waals surface area contributed by atoms with E-state index in [9.17, 15) is 9.18 Å². The number of benzene rings is 1. The van der Waals surface area contributed by atoms with Crippen LogP contribution in [0.4, 0.5) is 10.1 Å². The van der Waals surface area contributed by atoms with Gasteiger partial charge in [-0.05, 0) is 59.3 Å². The van der Waals surface area contributed by atoms with Gasteiger partial charge in [0.25, 0.3) is 0 Å². The third-order valence-corrected chi connectivity index (χ3v) is 3.88.